The summed E-state index contributed by atoms with van der Waals surface area (Å²) in [6, 6.07) is 8.51. The maximum absolute atomic E-state index is 13.0. The van der Waals surface area contributed by atoms with Crippen molar-refractivity contribution in [3.05, 3.63) is 36.2 Å². The van der Waals surface area contributed by atoms with Gasteiger partial charge in [0.1, 0.15) is 5.69 Å². The third kappa shape index (κ3) is 2.59. The lowest BCUT2D eigenvalue weighted by Crippen LogP contribution is -2.47. The summed E-state index contributed by atoms with van der Waals surface area (Å²) in [4.78, 5) is 26.3. The number of carbonyl (C=O) groups excluding carboxylic acids is 1. The van der Waals surface area contributed by atoms with Crippen molar-refractivity contribution in [3.8, 4) is 0 Å². The van der Waals surface area contributed by atoms with E-state index in [2.05, 4.69) is 21.9 Å². The van der Waals surface area contributed by atoms with Crippen LogP contribution in [-0.4, -0.2) is 57.9 Å². The van der Waals surface area contributed by atoms with Gasteiger partial charge in [0.25, 0.3) is 5.91 Å². The molecule has 120 valence electrons. The number of rotatable bonds is 2. The highest BCUT2D eigenvalue weighted by molar-refractivity contribution is 5.94. The summed E-state index contributed by atoms with van der Waals surface area (Å²) in [5.41, 5.74) is 2.08. The minimum absolute atomic E-state index is 0.0334. The van der Waals surface area contributed by atoms with Gasteiger partial charge in [-0.3, -0.25) is 9.78 Å². The van der Waals surface area contributed by atoms with E-state index in [1.807, 2.05) is 29.2 Å². The molecule has 4 rings (SSSR count). The number of fused-ring (bicyclic) bond motifs is 1. The molecule has 2 aliphatic heterocycles. The van der Waals surface area contributed by atoms with E-state index in [1.165, 1.54) is 12.8 Å². The Labute approximate surface area is 136 Å². The minimum Gasteiger partial charge on any atom is -0.333 e. The fourth-order valence-electron chi connectivity index (χ4n) is 4.07. The average Bonchev–Trinajstić information content (AvgIpc) is 3.22. The second-order valence-electron chi connectivity index (χ2n) is 6.64. The maximum Gasteiger partial charge on any atom is 0.274 e. The first-order valence-corrected chi connectivity index (χ1v) is 8.47. The quantitative estimate of drug-likeness (QED) is 0.854. The van der Waals surface area contributed by atoms with Crippen LogP contribution in [0.25, 0.3) is 11.0 Å². The lowest BCUT2D eigenvalue weighted by Gasteiger charge is -2.33. The number of hydrogen-bond acceptors (Lipinski definition) is 4. The van der Waals surface area contributed by atoms with Gasteiger partial charge in [-0.15, -0.1) is 0 Å². The Morgan fingerprint density at radius 3 is 2.61 bits per heavy atom. The second-order valence-corrected chi connectivity index (χ2v) is 6.64. The molecule has 2 fully saturated rings. The molecule has 2 atom stereocenters. The number of likely N-dealkylation sites (tertiary alicyclic amines) is 2. The van der Waals surface area contributed by atoms with Gasteiger partial charge >= 0.3 is 0 Å². The lowest BCUT2D eigenvalue weighted by molar-refractivity contribution is 0.0658. The second kappa shape index (κ2) is 5.89. The molecule has 2 aromatic rings. The van der Waals surface area contributed by atoms with E-state index in [1.54, 1.807) is 6.20 Å². The predicted molar refractivity (Wildman–Crippen MR) is 89.2 cm³/mol. The van der Waals surface area contributed by atoms with E-state index >= 15 is 0 Å². The molecule has 1 aromatic heterocycles. The topological polar surface area (TPSA) is 49.3 Å². The van der Waals surface area contributed by atoms with E-state index in [0.717, 1.165) is 37.0 Å². The lowest BCUT2D eigenvalue weighted by atomic mass is 10.0. The van der Waals surface area contributed by atoms with E-state index in [0.29, 0.717) is 17.8 Å². The van der Waals surface area contributed by atoms with Crippen LogP contribution in [0.5, 0.6) is 0 Å². The summed E-state index contributed by atoms with van der Waals surface area (Å²) >= 11 is 0. The first kappa shape index (κ1) is 14.6. The molecule has 1 aromatic carbocycles. The zero-order chi connectivity index (χ0) is 15.8. The first-order valence-electron chi connectivity index (χ1n) is 8.47. The summed E-state index contributed by atoms with van der Waals surface area (Å²) in [6.45, 7) is 1.97. The molecule has 1 amide bonds. The van der Waals surface area contributed by atoms with Gasteiger partial charge in [0.2, 0.25) is 0 Å². The Balaban J connectivity index is 1.61. The third-order valence-electron chi connectivity index (χ3n) is 5.25. The Hall–Kier alpha value is -2.01. The van der Waals surface area contributed by atoms with Gasteiger partial charge in [-0.05, 0) is 51.4 Å². The van der Waals surface area contributed by atoms with Gasteiger partial charge in [-0.2, -0.15) is 0 Å². The van der Waals surface area contributed by atoms with Crippen LogP contribution in [0.15, 0.2) is 30.5 Å². The van der Waals surface area contributed by atoms with Crippen molar-refractivity contribution in [1.82, 2.24) is 19.8 Å². The van der Waals surface area contributed by atoms with Crippen LogP contribution in [-0.2, 0) is 0 Å². The molecule has 5 heteroatoms. The summed E-state index contributed by atoms with van der Waals surface area (Å²) in [6.07, 6.45) is 6.23. The molecular formula is C18H22N4O. The van der Waals surface area contributed by atoms with Crippen LogP contribution in [0.4, 0.5) is 0 Å². The minimum atomic E-state index is 0.0334. The van der Waals surface area contributed by atoms with Crippen LogP contribution in [0.3, 0.4) is 0 Å². The molecule has 5 nitrogen and oxygen atoms in total. The van der Waals surface area contributed by atoms with Crippen LogP contribution in [0, 0.1) is 0 Å². The van der Waals surface area contributed by atoms with Gasteiger partial charge in [0, 0.05) is 18.6 Å². The number of carbonyl (C=O) groups is 1. The summed E-state index contributed by atoms with van der Waals surface area (Å²) < 4.78 is 0. The molecule has 0 N–H and O–H groups in total. The summed E-state index contributed by atoms with van der Waals surface area (Å²) in [5.74, 6) is 0.0334. The Morgan fingerprint density at radius 2 is 1.83 bits per heavy atom. The van der Waals surface area contributed by atoms with Crippen molar-refractivity contribution in [2.45, 2.75) is 37.8 Å². The van der Waals surface area contributed by atoms with E-state index in [-0.39, 0.29) is 5.91 Å². The Morgan fingerprint density at radius 1 is 1.09 bits per heavy atom. The summed E-state index contributed by atoms with van der Waals surface area (Å²) in [5, 5.41) is 0. The monoisotopic (exact) mass is 310 g/mol. The van der Waals surface area contributed by atoms with E-state index in [9.17, 15) is 4.79 Å². The predicted octanol–water partition coefficient (Wildman–Crippen LogP) is 2.33. The van der Waals surface area contributed by atoms with Crippen molar-refractivity contribution in [3.63, 3.8) is 0 Å². The van der Waals surface area contributed by atoms with E-state index < -0.39 is 0 Å². The van der Waals surface area contributed by atoms with Gasteiger partial charge in [-0.1, -0.05) is 12.1 Å². The number of para-hydroxylation sites is 2. The van der Waals surface area contributed by atoms with Gasteiger partial charge in [0.15, 0.2) is 0 Å². The van der Waals surface area contributed by atoms with Crippen LogP contribution in [0.2, 0.25) is 0 Å². The van der Waals surface area contributed by atoms with Gasteiger partial charge in [0.05, 0.1) is 17.2 Å². The first-order chi connectivity index (χ1) is 11.2. The zero-order valence-electron chi connectivity index (χ0n) is 13.5. The molecule has 0 spiro atoms. The molecule has 23 heavy (non-hydrogen) atoms. The SMILES string of the molecule is CN1CCC[C@@H]1[C@H]1CCCN1C(=O)c1cnc2ccccc2n1. The normalized spacial score (nSPS) is 25.3. The fourth-order valence-corrected chi connectivity index (χ4v) is 4.07. The number of benzene rings is 1. The Bertz CT molecular complexity index is 732. The number of nitrogens with zero attached hydrogens (tertiary/aromatic N) is 4. The number of likely N-dealkylation sites (N-methyl/N-ethyl adjacent to an activating group) is 1. The number of aromatic nitrogens is 2. The van der Waals surface area contributed by atoms with Crippen molar-refractivity contribution in [2.24, 2.45) is 0 Å². The molecule has 2 saturated heterocycles. The number of amides is 1. The largest absolute Gasteiger partial charge is 0.333 e. The molecule has 0 radical (unpaired) electrons. The highest BCUT2D eigenvalue weighted by Gasteiger charge is 2.39. The molecule has 0 saturated carbocycles. The van der Waals surface area contributed by atoms with Crippen LogP contribution in [0.1, 0.15) is 36.2 Å². The van der Waals surface area contributed by atoms with Crippen LogP contribution < -0.4 is 0 Å². The molecular weight excluding hydrogens is 288 g/mol. The van der Waals surface area contributed by atoms with Crippen molar-refractivity contribution in [1.29, 1.82) is 0 Å². The molecule has 0 bridgehead atoms. The maximum atomic E-state index is 13.0. The fraction of sp³-hybridized carbons (Fsp3) is 0.500. The van der Waals surface area contributed by atoms with Gasteiger partial charge in [-0.25, -0.2) is 4.98 Å². The number of hydrogen-bond donors (Lipinski definition) is 0. The third-order valence-corrected chi connectivity index (χ3v) is 5.25. The van der Waals surface area contributed by atoms with Crippen molar-refractivity contribution >= 4 is 16.9 Å². The van der Waals surface area contributed by atoms with Crippen molar-refractivity contribution in [2.75, 3.05) is 20.1 Å². The molecule has 0 unspecified atom stereocenters. The highest BCUT2D eigenvalue weighted by Crippen LogP contribution is 2.30. The average molecular weight is 310 g/mol. The van der Waals surface area contributed by atoms with E-state index in [4.69, 9.17) is 0 Å². The van der Waals surface area contributed by atoms with Crippen molar-refractivity contribution < 1.29 is 4.79 Å². The van der Waals surface area contributed by atoms with Crippen LogP contribution >= 0.6 is 0 Å². The van der Waals surface area contributed by atoms with Gasteiger partial charge < -0.3 is 9.80 Å². The standard InChI is InChI=1S/C18H22N4O/c1-21-10-4-8-16(21)17-9-5-11-22(17)18(23)15-12-19-13-6-2-3-7-14(13)20-15/h2-3,6-7,12,16-17H,4-5,8-11H2,1H3/t16-,17-/m1/s1. The molecule has 3 heterocycles. The highest BCUT2D eigenvalue weighted by atomic mass is 16.2. The Kier molecular flexibility index (Phi) is 3.73. The smallest absolute Gasteiger partial charge is 0.274 e. The summed E-state index contributed by atoms with van der Waals surface area (Å²) in [7, 11) is 2.18. The molecule has 2 aliphatic rings. The molecule has 0 aliphatic carbocycles. The zero-order valence-corrected chi connectivity index (χ0v) is 13.5.